The molecule has 31 heavy (non-hydrogen) atoms. The maximum absolute atomic E-state index is 5.73. The number of benzene rings is 1. The molecular formula is C23H41IN4O3. The van der Waals surface area contributed by atoms with Crippen LogP contribution in [0, 0.1) is 0 Å². The molecule has 1 aliphatic rings. The molecule has 0 radical (unpaired) electrons. The first kappa shape index (κ1) is 27.8. The van der Waals surface area contributed by atoms with Crippen molar-refractivity contribution in [3.63, 3.8) is 0 Å². The lowest BCUT2D eigenvalue weighted by Gasteiger charge is -2.39. The number of ether oxygens (including phenoxy) is 3. The van der Waals surface area contributed by atoms with Crippen molar-refractivity contribution in [2.75, 3.05) is 59.2 Å². The first-order valence-corrected chi connectivity index (χ1v) is 11.2. The van der Waals surface area contributed by atoms with Crippen molar-refractivity contribution in [3.05, 3.63) is 23.8 Å². The summed E-state index contributed by atoms with van der Waals surface area (Å²) in [6, 6.07) is 6.16. The van der Waals surface area contributed by atoms with Gasteiger partial charge in [-0.05, 0) is 58.7 Å². The van der Waals surface area contributed by atoms with E-state index in [1.807, 2.05) is 19.9 Å². The Kier molecular flexibility index (Phi) is 13.2. The molecule has 0 aromatic heterocycles. The fourth-order valence-electron chi connectivity index (χ4n) is 3.46. The molecule has 0 bridgehead atoms. The zero-order valence-corrected chi connectivity index (χ0v) is 22.2. The van der Waals surface area contributed by atoms with E-state index in [-0.39, 0.29) is 29.5 Å². The molecule has 1 fully saturated rings. The minimum absolute atomic E-state index is 0. The Morgan fingerprint density at radius 3 is 2.39 bits per heavy atom. The largest absolute Gasteiger partial charge is 0.490 e. The molecule has 178 valence electrons. The van der Waals surface area contributed by atoms with Crippen LogP contribution in [0.3, 0.4) is 0 Å². The zero-order valence-electron chi connectivity index (χ0n) is 19.8. The highest BCUT2D eigenvalue weighted by atomic mass is 127. The van der Waals surface area contributed by atoms with Gasteiger partial charge in [0.15, 0.2) is 17.5 Å². The van der Waals surface area contributed by atoms with Crippen molar-refractivity contribution in [2.24, 2.45) is 4.99 Å². The van der Waals surface area contributed by atoms with Crippen LogP contribution in [-0.4, -0.2) is 75.5 Å². The van der Waals surface area contributed by atoms with E-state index in [0.717, 1.165) is 69.8 Å². The molecule has 7 nitrogen and oxygen atoms in total. The Labute approximate surface area is 205 Å². The molecule has 2 N–H and O–H groups in total. The third kappa shape index (κ3) is 9.41. The summed E-state index contributed by atoms with van der Waals surface area (Å²) in [5.74, 6) is 2.47. The number of morpholine rings is 1. The number of nitrogens with zero attached hydrogens (tertiary/aromatic N) is 2. The van der Waals surface area contributed by atoms with Gasteiger partial charge in [-0.25, -0.2) is 0 Å². The van der Waals surface area contributed by atoms with E-state index in [1.54, 1.807) is 0 Å². The molecule has 8 heteroatoms. The van der Waals surface area contributed by atoms with Crippen LogP contribution in [0.5, 0.6) is 11.5 Å². The number of hydrogen-bond acceptors (Lipinski definition) is 5. The van der Waals surface area contributed by atoms with E-state index in [0.29, 0.717) is 13.2 Å². The predicted octanol–water partition coefficient (Wildman–Crippen LogP) is 3.31. The van der Waals surface area contributed by atoms with Gasteiger partial charge in [-0.1, -0.05) is 6.07 Å². The summed E-state index contributed by atoms with van der Waals surface area (Å²) in [5.41, 5.74) is 1.21. The van der Waals surface area contributed by atoms with Gasteiger partial charge in [-0.2, -0.15) is 0 Å². The lowest BCUT2D eigenvalue weighted by atomic mass is 10.0. The van der Waals surface area contributed by atoms with Gasteiger partial charge >= 0.3 is 0 Å². The average Bonchev–Trinajstić information content (AvgIpc) is 2.75. The monoisotopic (exact) mass is 548 g/mol. The highest BCUT2D eigenvalue weighted by molar-refractivity contribution is 14.0. The summed E-state index contributed by atoms with van der Waals surface area (Å²) < 4.78 is 16.9. The highest BCUT2D eigenvalue weighted by Gasteiger charge is 2.28. The minimum Gasteiger partial charge on any atom is -0.490 e. The Bertz CT molecular complexity index is 664. The topological polar surface area (TPSA) is 67.4 Å². The van der Waals surface area contributed by atoms with Crippen LogP contribution in [0.4, 0.5) is 0 Å². The molecule has 1 aromatic carbocycles. The van der Waals surface area contributed by atoms with Crippen LogP contribution in [0.15, 0.2) is 23.2 Å². The third-order valence-corrected chi connectivity index (χ3v) is 5.15. The molecule has 0 amide bonds. The van der Waals surface area contributed by atoms with Gasteiger partial charge in [0.2, 0.25) is 0 Å². The maximum atomic E-state index is 5.73. The molecule has 2 rings (SSSR count). The Balaban J connectivity index is 0.00000480. The van der Waals surface area contributed by atoms with E-state index < -0.39 is 0 Å². The molecule has 0 aliphatic carbocycles. The van der Waals surface area contributed by atoms with Crippen LogP contribution in [0.25, 0.3) is 0 Å². The molecule has 0 atom stereocenters. The minimum atomic E-state index is 0. The summed E-state index contributed by atoms with van der Waals surface area (Å²) in [6.45, 7) is 17.7. The molecule has 0 unspecified atom stereocenters. The van der Waals surface area contributed by atoms with E-state index in [9.17, 15) is 0 Å². The number of aliphatic imine (C=N–C) groups is 1. The summed E-state index contributed by atoms with van der Waals surface area (Å²) >= 11 is 0. The number of hydrogen-bond donors (Lipinski definition) is 2. The first-order chi connectivity index (χ1) is 14.5. The number of rotatable bonds is 11. The van der Waals surface area contributed by atoms with Crippen LogP contribution in [0.2, 0.25) is 0 Å². The second-order valence-electron chi connectivity index (χ2n) is 7.93. The summed E-state index contributed by atoms with van der Waals surface area (Å²) in [4.78, 5) is 7.30. The Morgan fingerprint density at radius 1 is 1.06 bits per heavy atom. The summed E-state index contributed by atoms with van der Waals surface area (Å²) in [7, 11) is 0. The van der Waals surface area contributed by atoms with Crippen molar-refractivity contribution >= 4 is 29.9 Å². The van der Waals surface area contributed by atoms with Gasteiger partial charge in [0.1, 0.15) is 0 Å². The van der Waals surface area contributed by atoms with Crippen molar-refractivity contribution in [1.29, 1.82) is 0 Å². The van der Waals surface area contributed by atoms with Crippen LogP contribution >= 0.6 is 24.0 Å². The van der Waals surface area contributed by atoms with Gasteiger partial charge < -0.3 is 24.8 Å². The predicted molar refractivity (Wildman–Crippen MR) is 138 cm³/mol. The smallest absolute Gasteiger partial charge is 0.191 e. The van der Waals surface area contributed by atoms with Gasteiger partial charge in [0.05, 0.1) is 33.0 Å². The summed E-state index contributed by atoms with van der Waals surface area (Å²) in [5, 5.41) is 6.81. The average molecular weight is 549 g/mol. The first-order valence-electron chi connectivity index (χ1n) is 11.2. The fourth-order valence-corrected chi connectivity index (χ4v) is 3.46. The number of nitrogens with one attached hydrogen (secondary N) is 2. The van der Waals surface area contributed by atoms with Crippen molar-refractivity contribution in [1.82, 2.24) is 15.5 Å². The Hall–Kier alpha value is -1.26. The van der Waals surface area contributed by atoms with Crippen molar-refractivity contribution < 1.29 is 14.2 Å². The zero-order chi connectivity index (χ0) is 21.8. The van der Waals surface area contributed by atoms with Crippen LogP contribution in [-0.2, 0) is 11.2 Å². The highest BCUT2D eigenvalue weighted by Crippen LogP contribution is 2.28. The quantitative estimate of drug-likeness (QED) is 0.251. The van der Waals surface area contributed by atoms with Gasteiger partial charge in [0.25, 0.3) is 0 Å². The second kappa shape index (κ2) is 14.7. The maximum Gasteiger partial charge on any atom is 0.191 e. The SMILES string of the molecule is CCNC(=NCC(C)(C)N1CCOCC1)NCCc1ccc(OCC)c(OCC)c1.I. The van der Waals surface area contributed by atoms with E-state index in [2.05, 4.69) is 48.4 Å². The van der Waals surface area contributed by atoms with Crippen molar-refractivity contribution in [3.8, 4) is 11.5 Å². The second-order valence-corrected chi connectivity index (χ2v) is 7.93. The van der Waals surface area contributed by atoms with Crippen LogP contribution < -0.4 is 20.1 Å². The number of guanidine groups is 1. The standard InChI is InChI=1S/C23H40N4O3.HI/c1-6-24-22(26-18-23(4,5)27-13-15-28-16-14-27)25-12-11-19-9-10-20(29-7-2)21(17-19)30-8-3;/h9-10,17H,6-8,11-16,18H2,1-5H3,(H2,24,25,26);1H. The van der Waals surface area contributed by atoms with Crippen LogP contribution in [0.1, 0.15) is 40.2 Å². The van der Waals surface area contributed by atoms with Crippen molar-refractivity contribution in [2.45, 2.75) is 46.6 Å². The van der Waals surface area contributed by atoms with Gasteiger partial charge in [-0.15, -0.1) is 24.0 Å². The van der Waals surface area contributed by atoms with Gasteiger partial charge in [0, 0.05) is 31.7 Å². The van der Waals surface area contributed by atoms with E-state index in [4.69, 9.17) is 19.2 Å². The molecule has 1 aliphatic heterocycles. The van der Waals surface area contributed by atoms with Gasteiger partial charge in [-0.3, -0.25) is 9.89 Å². The molecule has 1 heterocycles. The molecule has 1 aromatic rings. The normalized spacial score (nSPS) is 15.2. The third-order valence-electron chi connectivity index (χ3n) is 5.15. The Morgan fingerprint density at radius 2 is 1.74 bits per heavy atom. The summed E-state index contributed by atoms with van der Waals surface area (Å²) in [6.07, 6.45) is 0.879. The van der Waals surface area contributed by atoms with E-state index in [1.165, 1.54) is 5.56 Å². The fraction of sp³-hybridized carbons (Fsp3) is 0.696. The molecular weight excluding hydrogens is 507 g/mol. The molecule has 0 saturated carbocycles. The molecule has 0 spiro atoms. The molecule has 1 saturated heterocycles. The lowest BCUT2D eigenvalue weighted by molar-refractivity contribution is -0.00683. The van der Waals surface area contributed by atoms with E-state index >= 15 is 0 Å². The lowest BCUT2D eigenvalue weighted by Crippen LogP contribution is -2.52. The number of halogens is 1.